The van der Waals surface area contributed by atoms with Gasteiger partial charge in [0.05, 0.1) is 37.7 Å². The molecule has 33 heavy (non-hydrogen) atoms. The standard InChI is InChI=1S/C24H26N4O5/c1-15-6-7-17(33-15)21-19(22(29)20-16(2)25-18-5-3-4-8-27(18)20)23(30)24(31)28(21)10-9-26-11-13-32-14-12-26/h3-8,21,29H,9-14H2,1-2H3. The zero-order chi connectivity index (χ0) is 23.1. The number of nitrogens with one attached hydrogen (secondary N) is 1. The first kappa shape index (κ1) is 21.4. The number of nitrogens with zero attached hydrogens (tertiary/aromatic N) is 3. The Morgan fingerprint density at radius 2 is 1.97 bits per heavy atom. The summed E-state index contributed by atoms with van der Waals surface area (Å²) in [5, 5.41) is 13.8. The number of carbonyl (C=O) groups excluding carboxylic acids is 2. The maximum atomic E-state index is 13.8. The molecule has 9 heteroatoms. The number of aryl methyl sites for hydroxylation is 2. The molecular weight excluding hydrogens is 424 g/mol. The van der Waals surface area contributed by atoms with Gasteiger partial charge in [-0.3, -0.25) is 9.59 Å². The van der Waals surface area contributed by atoms with Crippen molar-refractivity contribution in [2.24, 2.45) is 0 Å². The first-order valence-electron chi connectivity index (χ1n) is 11.1. The highest BCUT2D eigenvalue weighted by atomic mass is 16.5. The third-order valence-electron chi connectivity index (χ3n) is 6.39. The molecule has 5 heterocycles. The van der Waals surface area contributed by atoms with E-state index in [0.717, 1.165) is 13.1 Å². The van der Waals surface area contributed by atoms with Gasteiger partial charge >= 0.3 is 0 Å². The van der Waals surface area contributed by atoms with Gasteiger partial charge in [0.25, 0.3) is 5.91 Å². The van der Waals surface area contributed by atoms with Gasteiger partial charge in [-0.05, 0) is 38.1 Å². The second-order valence-electron chi connectivity index (χ2n) is 8.51. The van der Waals surface area contributed by atoms with E-state index in [2.05, 4.69) is 4.98 Å². The van der Waals surface area contributed by atoms with E-state index in [4.69, 9.17) is 9.15 Å². The predicted molar refractivity (Wildman–Crippen MR) is 116 cm³/mol. The van der Waals surface area contributed by atoms with E-state index in [-0.39, 0.29) is 11.3 Å². The van der Waals surface area contributed by atoms with Gasteiger partial charge < -0.3 is 28.5 Å². The number of rotatable bonds is 5. The molecule has 1 N–H and O–H groups in total. The zero-order valence-electron chi connectivity index (χ0n) is 18.7. The van der Waals surface area contributed by atoms with Crippen molar-refractivity contribution >= 4 is 23.1 Å². The van der Waals surface area contributed by atoms with E-state index in [0.29, 0.717) is 49.2 Å². The molecule has 0 aliphatic carbocycles. The summed E-state index contributed by atoms with van der Waals surface area (Å²) in [6.45, 7) is 7.56. The molecule has 0 bridgehead atoms. The Morgan fingerprint density at radius 1 is 1.18 bits per heavy atom. The van der Waals surface area contributed by atoms with Crippen LogP contribution in [0.1, 0.15) is 29.0 Å². The van der Waals surface area contributed by atoms with Crippen molar-refractivity contribution in [2.75, 3.05) is 39.4 Å². The molecule has 3 aromatic rings. The van der Waals surface area contributed by atoms with Crippen molar-refractivity contribution in [3.8, 4) is 0 Å². The number of furan rings is 1. The van der Waals surface area contributed by atoms with Gasteiger partial charge in [-0.15, -0.1) is 0 Å². The molecule has 2 fully saturated rings. The number of morpholine rings is 1. The van der Waals surface area contributed by atoms with Crippen LogP contribution in [0.25, 0.3) is 11.4 Å². The highest BCUT2D eigenvalue weighted by Crippen LogP contribution is 2.39. The molecule has 3 aromatic heterocycles. The minimum absolute atomic E-state index is 0.0833. The molecule has 1 amide bonds. The minimum atomic E-state index is -0.861. The summed E-state index contributed by atoms with van der Waals surface area (Å²) in [6.07, 6.45) is 1.73. The van der Waals surface area contributed by atoms with Crippen LogP contribution in [-0.2, 0) is 14.3 Å². The summed E-state index contributed by atoms with van der Waals surface area (Å²) in [6, 6.07) is 8.06. The van der Waals surface area contributed by atoms with E-state index < -0.39 is 23.5 Å². The van der Waals surface area contributed by atoms with Gasteiger partial charge in [0, 0.05) is 11.8 Å². The van der Waals surface area contributed by atoms with Crippen LogP contribution in [0.4, 0.5) is 0 Å². The van der Waals surface area contributed by atoms with Crippen LogP contribution in [0.15, 0.2) is 46.5 Å². The molecule has 1 atom stereocenters. The summed E-state index contributed by atoms with van der Waals surface area (Å²) in [7, 11) is 0. The van der Waals surface area contributed by atoms with Crippen LogP contribution in [0.3, 0.4) is 0 Å². The molecule has 5 rings (SSSR count). The average molecular weight is 450 g/mol. The normalized spacial score (nSPS) is 21.4. The lowest BCUT2D eigenvalue weighted by molar-refractivity contribution is -0.907. The SMILES string of the molecule is Cc1ccc(C2C(=C([O-])c3c(C)nc4ccccn34)C(=O)C(=O)N2CC[NH+]2CCOCC2)o1. The van der Waals surface area contributed by atoms with E-state index in [9.17, 15) is 14.7 Å². The van der Waals surface area contributed by atoms with E-state index in [1.807, 2.05) is 6.07 Å². The Labute approximate surface area is 190 Å². The Morgan fingerprint density at radius 3 is 2.70 bits per heavy atom. The highest BCUT2D eigenvalue weighted by Gasteiger charge is 2.46. The van der Waals surface area contributed by atoms with E-state index in [1.54, 1.807) is 48.7 Å². The number of fused-ring (bicyclic) bond motifs is 1. The first-order valence-corrected chi connectivity index (χ1v) is 11.1. The number of carbonyl (C=O) groups is 2. The number of likely N-dealkylation sites (tertiary alicyclic amines) is 1. The summed E-state index contributed by atoms with van der Waals surface area (Å²) in [5.74, 6) is -0.880. The summed E-state index contributed by atoms with van der Waals surface area (Å²) < 4.78 is 12.9. The number of aromatic nitrogens is 2. The lowest BCUT2D eigenvalue weighted by atomic mass is 10.0. The fourth-order valence-electron chi connectivity index (χ4n) is 4.70. The molecule has 2 aliphatic rings. The maximum Gasteiger partial charge on any atom is 0.295 e. The van der Waals surface area contributed by atoms with Gasteiger partial charge in [-0.2, -0.15) is 0 Å². The zero-order valence-corrected chi connectivity index (χ0v) is 18.7. The van der Waals surface area contributed by atoms with Crippen molar-refractivity contribution in [3.05, 3.63) is 65.0 Å². The molecule has 2 aliphatic heterocycles. The second-order valence-corrected chi connectivity index (χ2v) is 8.51. The van der Waals surface area contributed by atoms with E-state index in [1.165, 1.54) is 9.80 Å². The topological polar surface area (TPSA) is 105 Å². The largest absolute Gasteiger partial charge is 0.871 e. The highest BCUT2D eigenvalue weighted by molar-refractivity contribution is 6.46. The lowest BCUT2D eigenvalue weighted by Gasteiger charge is -2.29. The molecule has 0 saturated carbocycles. The van der Waals surface area contributed by atoms with Crippen LogP contribution in [0.5, 0.6) is 0 Å². The van der Waals surface area contributed by atoms with Gasteiger partial charge in [0.15, 0.2) is 0 Å². The fraction of sp³-hybridized carbons (Fsp3) is 0.375. The van der Waals surface area contributed by atoms with Crippen molar-refractivity contribution in [1.29, 1.82) is 0 Å². The van der Waals surface area contributed by atoms with Crippen molar-refractivity contribution in [2.45, 2.75) is 19.9 Å². The predicted octanol–water partition coefficient (Wildman–Crippen LogP) is -0.317. The molecule has 1 unspecified atom stereocenters. The monoisotopic (exact) mass is 450 g/mol. The third kappa shape index (κ3) is 3.73. The third-order valence-corrected chi connectivity index (χ3v) is 6.39. The lowest BCUT2D eigenvalue weighted by Crippen LogP contribution is -3.14. The van der Waals surface area contributed by atoms with Gasteiger partial charge in [0.2, 0.25) is 5.78 Å². The van der Waals surface area contributed by atoms with Gasteiger partial charge in [-0.25, -0.2) is 4.98 Å². The van der Waals surface area contributed by atoms with Crippen LogP contribution in [0.2, 0.25) is 0 Å². The minimum Gasteiger partial charge on any atom is -0.871 e. The first-order chi connectivity index (χ1) is 16.0. The summed E-state index contributed by atoms with van der Waals surface area (Å²) in [4.78, 5) is 33.5. The number of amides is 1. The van der Waals surface area contributed by atoms with E-state index >= 15 is 0 Å². The van der Waals surface area contributed by atoms with Crippen molar-refractivity contribution in [1.82, 2.24) is 14.3 Å². The number of imidazole rings is 1. The number of pyridine rings is 1. The Hall–Kier alpha value is -3.43. The maximum absolute atomic E-state index is 13.8. The average Bonchev–Trinajstić information content (AvgIpc) is 3.46. The number of hydrogen-bond donors (Lipinski definition) is 1. The van der Waals surface area contributed by atoms with Crippen LogP contribution >= 0.6 is 0 Å². The number of hydrogen-bond acceptors (Lipinski definition) is 6. The van der Waals surface area contributed by atoms with Crippen molar-refractivity contribution in [3.63, 3.8) is 0 Å². The molecule has 9 nitrogen and oxygen atoms in total. The van der Waals surface area contributed by atoms with Gasteiger partial charge in [-0.1, -0.05) is 11.8 Å². The Bertz CT molecular complexity index is 1250. The molecule has 2 saturated heterocycles. The fourth-order valence-corrected chi connectivity index (χ4v) is 4.70. The number of quaternary nitrogens is 1. The van der Waals surface area contributed by atoms with Crippen LogP contribution in [0, 0.1) is 13.8 Å². The molecule has 0 spiro atoms. The number of Topliss-reactive ketones (excluding diaryl/α,β-unsaturated/α-hetero) is 1. The second kappa shape index (κ2) is 8.49. The Balaban J connectivity index is 1.59. The van der Waals surface area contributed by atoms with Gasteiger partial charge in [0.1, 0.15) is 36.3 Å². The van der Waals surface area contributed by atoms with Crippen molar-refractivity contribution < 1.29 is 28.7 Å². The molecule has 172 valence electrons. The Kier molecular flexibility index (Phi) is 5.51. The quantitative estimate of drug-likeness (QED) is 0.325. The molecule has 0 radical (unpaired) electrons. The smallest absolute Gasteiger partial charge is 0.295 e. The molecular formula is C24H26N4O5. The molecule has 0 aromatic carbocycles. The van der Waals surface area contributed by atoms with Crippen LogP contribution < -0.4 is 10.0 Å². The number of ether oxygens (including phenoxy) is 1. The number of ketones is 1. The summed E-state index contributed by atoms with van der Waals surface area (Å²) in [5.41, 5.74) is 1.31. The summed E-state index contributed by atoms with van der Waals surface area (Å²) >= 11 is 0. The van der Waals surface area contributed by atoms with Crippen LogP contribution in [-0.4, -0.2) is 65.4 Å².